The van der Waals surface area contributed by atoms with E-state index in [9.17, 15) is 0 Å². The minimum atomic E-state index is 0.272. The van der Waals surface area contributed by atoms with Crippen molar-refractivity contribution in [3.8, 4) is 0 Å². The largest absolute Gasteiger partial charge is 0.396 e. The van der Waals surface area contributed by atoms with Crippen molar-refractivity contribution in [3.63, 3.8) is 0 Å². The molecule has 102 valence electrons. The van der Waals surface area contributed by atoms with E-state index in [4.69, 9.17) is 5.11 Å². The molecule has 6 heteroatoms. The van der Waals surface area contributed by atoms with Crippen molar-refractivity contribution < 1.29 is 5.11 Å². The molecule has 1 unspecified atom stereocenters. The summed E-state index contributed by atoms with van der Waals surface area (Å²) >= 11 is 1.45. The van der Waals surface area contributed by atoms with Crippen LogP contribution in [0.3, 0.4) is 0 Å². The SMILES string of the molecule is CN(C)c1nc(CN2CCCCC2CCO)ns1. The van der Waals surface area contributed by atoms with Gasteiger partial charge in [0.1, 0.15) is 0 Å². The molecule has 1 aliphatic heterocycles. The maximum Gasteiger partial charge on any atom is 0.204 e. The lowest BCUT2D eigenvalue weighted by Gasteiger charge is -2.34. The summed E-state index contributed by atoms with van der Waals surface area (Å²) in [5, 5.41) is 10.1. The van der Waals surface area contributed by atoms with E-state index in [-0.39, 0.29) is 6.61 Å². The van der Waals surface area contributed by atoms with Gasteiger partial charge in [0.2, 0.25) is 5.13 Å². The van der Waals surface area contributed by atoms with Crippen molar-refractivity contribution in [1.82, 2.24) is 14.3 Å². The molecule has 1 fully saturated rings. The summed E-state index contributed by atoms with van der Waals surface area (Å²) in [7, 11) is 3.97. The Morgan fingerprint density at radius 3 is 2.94 bits per heavy atom. The highest BCUT2D eigenvalue weighted by Crippen LogP contribution is 2.22. The molecule has 5 nitrogen and oxygen atoms in total. The van der Waals surface area contributed by atoms with Crippen LogP contribution in [-0.2, 0) is 6.54 Å². The van der Waals surface area contributed by atoms with Gasteiger partial charge in [-0.05, 0) is 25.8 Å². The van der Waals surface area contributed by atoms with Crippen LogP contribution in [0.1, 0.15) is 31.5 Å². The minimum absolute atomic E-state index is 0.272. The number of rotatable bonds is 5. The molecule has 2 heterocycles. The van der Waals surface area contributed by atoms with Gasteiger partial charge < -0.3 is 10.0 Å². The molecule has 1 N–H and O–H groups in total. The zero-order valence-corrected chi connectivity index (χ0v) is 12.0. The number of piperidine rings is 1. The van der Waals surface area contributed by atoms with E-state index in [1.165, 1.54) is 30.8 Å². The van der Waals surface area contributed by atoms with Gasteiger partial charge in [-0.3, -0.25) is 4.90 Å². The number of aliphatic hydroxyl groups is 1. The molecule has 1 aromatic heterocycles. The monoisotopic (exact) mass is 270 g/mol. The Bertz CT molecular complexity index is 367. The third-order valence-corrected chi connectivity index (χ3v) is 4.32. The van der Waals surface area contributed by atoms with Gasteiger partial charge >= 0.3 is 0 Å². The van der Waals surface area contributed by atoms with Gasteiger partial charge in [0.25, 0.3) is 0 Å². The summed E-state index contributed by atoms with van der Waals surface area (Å²) in [4.78, 5) is 8.93. The first-order valence-corrected chi connectivity index (χ1v) is 7.33. The first-order chi connectivity index (χ1) is 8.70. The van der Waals surface area contributed by atoms with Crippen molar-refractivity contribution in [1.29, 1.82) is 0 Å². The van der Waals surface area contributed by atoms with E-state index in [2.05, 4.69) is 14.3 Å². The number of likely N-dealkylation sites (tertiary alicyclic amines) is 1. The highest BCUT2D eigenvalue weighted by Gasteiger charge is 2.23. The summed E-state index contributed by atoms with van der Waals surface area (Å²) in [5.41, 5.74) is 0. The first kappa shape index (κ1) is 13.7. The van der Waals surface area contributed by atoms with Crippen LogP contribution in [-0.4, -0.2) is 52.7 Å². The molecule has 1 saturated heterocycles. The summed E-state index contributed by atoms with van der Waals surface area (Å²) in [5.74, 6) is 0.911. The van der Waals surface area contributed by atoms with E-state index in [1.54, 1.807) is 0 Å². The van der Waals surface area contributed by atoms with Gasteiger partial charge in [0.15, 0.2) is 5.82 Å². The van der Waals surface area contributed by atoms with Crippen molar-refractivity contribution in [2.75, 3.05) is 32.1 Å². The Hall–Kier alpha value is -0.720. The number of aliphatic hydroxyl groups excluding tert-OH is 1. The summed E-state index contributed by atoms with van der Waals surface area (Å²) in [6, 6.07) is 0.495. The zero-order valence-electron chi connectivity index (χ0n) is 11.2. The minimum Gasteiger partial charge on any atom is -0.396 e. The van der Waals surface area contributed by atoms with Crippen LogP contribution in [0.5, 0.6) is 0 Å². The summed E-state index contributed by atoms with van der Waals surface area (Å²) in [6.45, 7) is 2.19. The van der Waals surface area contributed by atoms with Gasteiger partial charge in [-0.1, -0.05) is 6.42 Å². The zero-order chi connectivity index (χ0) is 13.0. The van der Waals surface area contributed by atoms with Crippen molar-refractivity contribution in [2.45, 2.75) is 38.3 Å². The molecule has 0 spiro atoms. The predicted octanol–water partition coefficient (Wildman–Crippen LogP) is 1.34. The van der Waals surface area contributed by atoms with Gasteiger partial charge in [0.05, 0.1) is 6.54 Å². The van der Waals surface area contributed by atoms with Gasteiger partial charge in [0, 0.05) is 38.3 Å². The predicted molar refractivity (Wildman–Crippen MR) is 74.0 cm³/mol. The Kier molecular flexibility index (Phi) is 4.91. The third kappa shape index (κ3) is 3.40. The lowest BCUT2D eigenvalue weighted by molar-refractivity contribution is 0.110. The molecule has 2 rings (SSSR count). The van der Waals surface area contributed by atoms with E-state index >= 15 is 0 Å². The normalized spacial score (nSPS) is 21.2. The van der Waals surface area contributed by atoms with Crippen LogP contribution in [0.15, 0.2) is 0 Å². The number of anilines is 1. The molecule has 0 aromatic carbocycles. The average molecular weight is 270 g/mol. The van der Waals surface area contributed by atoms with Crippen LogP contribution >= 0.6 is 11.5 Å². The fraction of sp³-hybridized carbons (Fsp3) is 0.833. The Balaban J connectivity index is 1.97. The van der Waals surface area contributed by atoms with E-state index in [1.807, 2.05) is 19.0 Å². The number of nitrogens with zero attached hydrogens (tertiary/aromatic N) is 4. The standard InChI is InChI=1S/C12H22N4OS/c1-15(2)12-13-11(14-18-12)9-16-7-4-3-5-10(16)6-8-17/h10,17H,3-9H2,1-2H3. The quantitative estimate of drug-likeness (QED) is 0.875. The van der Waals surface area contributed by atoms with Crippen LogP contribution in [0.2, 0.25) is 0 Å². The Morgan fingerprint density at radius 1 is 1.44 bits per heavy atom. The number of aromatic nitrogens is 2. The maximum absolute atomic E-state index is 9.12. The second-order valence-corrected chi connectivity index (χ2v) is 5.75. The molecule has 1 aromatic rings. The Labute approximate surface area is 113 Å². The maximum atomic E-state index is 9.12. The van der Waals surface area contributed by atoms with Crippen LogP contribution in [0, 0.1) is 0 Å². The second-order valence-electron chi connectivity index (χ2n) is 5.02. The van der Waals surface area contributed by atoms with E-state index in [0.29, 0.717) is 6.04 Å². The molecule has 0 bridgehead atoms. The number of hydrogen-bond donors (Lipinski definition) is 1. The molecule has 1 atom stereocenters. The summed E-state index contributed by atoms with van der Waals surface area (Å²) in [6.07, 6.45) is 4.57. The van der Waals surface area contributed by atoms with Crippen molar-refractivity contribution in [2.24, 2.45) is 0 Å². The average Bonchev–Trinajstić information content (AvgIpc) is 2.81. The Morgan fingerprint density at radius 2 is 2.28 bits per heavy atom. The molecule has 0 saturated carbocycles. The second kappa shape index (κ2) is 6.45. The molecule has 0 radical (unpaired) electrons. The van der Waals surface area contributed by atoms with Gasteiger partial charge in [-0.15, -0.1) is 0 Å². The topological polar surface area (TPSA) is 52.5 Å². The van der Waals surface area contributed by atoms with Crippen LogP contribution in [0.4, 0.5) is 5.13 Å². The van der Waals surface area contributed by atoms with Gasteiger partial charge in [-0.25, -0.2) is 4.98 Å². The molecular weight excluding hydrogens is 248 g/mol. The fourth-order valence-electron chi connectivity index (χ4n) is 2.42. The molecule has 0 aliphatic carbocycles. The summed E-state index contributed by atoms with van der Waals surface area (Å²) < 4.78 is 4.41. The van der Waals surface area contributed by atoms with E-state index < -0.39 is 0 Å². The first-order valence-electron chi connectivity index (χ1n) is 6.55. The lowest BCUT2D eigenvalue weighted by atomic mass is 10.00. The third-order valence-electron chi connectivity index (χ3n) is 3.40. The number of hydrogen-bond acceptors (Lipinski definition) is 6. The molecule has 18 heavy (non-hydrogen) atoms. The van der Waals surface area contributed by atoms with Crippen LogP contribution < -0.4 is 4.90 Å². The van der Waals surface area contributed by atoms with E-state index in [0.717, 1.165) is 30.5 Å². The van der Waals surface area contributed by atoms with Crippen molar-refractivity contribution >= 4 is 16.7 Å². The molecule has 0 amide bonds. The fourth-order valence-corrected chi connectivity index (χ4v) is 3.01. The highest BCUT2D eigenvalue weighted by atomic mass is 32.1. The van der Waals surface area contributed by atoms with Crippen molar-refractivity contribution in [3.05, 3.63) is 5.82 Å². The highest BCUT2D eigenvalue weighted by molar-refractivity contribution is 7.09. The molecule has 1 aliphatic rings. The van der Waals surface area contributed by atoms with Crippen LogP contribution in [0.25, 0.3) is 0 Å². The smallest absolute Gasteiger partial charge is 0.204 e. The molecular formula is C12H22N4OS. The van der Waals surface area contributed by atoms with Gasteiger partial charge in [-0.2, -0.15) is 4.37 Å². The lowest BCUT2D eigenvalue weighted by Crippen LogP contribution is -2.39.